The fraction of sp³-hybridized carbons (Fsp3) is 0.381. The van der Waals surface area contributed by atoms with Gasteiger partial charge in [0.05, 0.1) is 26.8 Å². The number of thioether (sulfide) groups is 1. The largest absolute Gasteiger partial charge is 0.493 e. The van der Waals surface area contributed by atoms with Crippen LogP contribution in [-0.4, -0.2) is 51.9 Å². The number of nitrogens with zero attached hydrogens (tertiary/aromatic N) is 1. The molecule has 0 aliphatic rings. The maximum atomic E-state index is 12.6. The summed E-state index contributed by atoms with van der Waals surface area (Å²) in [5.41, 5.74) is 2.16. The van der Waals surface area contributed by atoms with Gasteiger partial charge in [-0.25, -0.2) is 0 Å². The fourth-order valence-corrected chi connectivity index (χ4v) is 3.37. The van der Waals surface area contributed by atoms with Gasteiger partial charge >= 0.3 is 0 Å². The molecule has 1 unspecified atom stereocenters. The summed E-state index contributed by atoms with van der Waals surface area (Å²) in [6.45, 7) is 1.71. The Balaban J connectivity index is 1.94. The van der Waals surface area contributed by atoms with E-state index in [1.54, 1.807) is 30.9 Å². The molecule has 5 nitrogen and oxygen atoms in total. The number of nitrogens with one attached hydrogen (secondary N) is 1. The minimum Gasteiger partial charge on any atom is -0.493 e. The summed E-state index contributed by atoms with van der Waals surface area (Å²) < 4.78 is 10.8. The van der Waals surface area contributed by atoms with E-state index in [2.05, 4.69) is 30.5 Å². The molecule has 0 aromatic heterocycles. The molecule has 0 radical (unpaired) electrons. The lowest BCUT2D eigenvalue weighted by atomic mass is 10.1. The van der Waals surface area contributed by atoms with Crippen molar-refractivity contribution >= 4 is 17.7 Å². The Morgan fingerprint density at radius 3 is 2.41 bits per heavy atom. The van der Waals surface area contributed by atoms with Crippen molar-refractivity contribution in [3.63, 3.8) is 0 Å². The van der Waals surface area contributed by atoms with E-state index in [0.29, 0.717) is 25.4 Å². The molecule has 0 fully saturated rings. The first kappa shape index (κ1) is 21.1. The van der Waals surface area contributed by atoms with Crippen molar-refractivity contribution in [2.45, 2.75) is 18.0 Å². The second-order valence-electron chi connectivity index (χ2n) is 6.56. The molecule has 2 rings (SSSR count). The van der Waals surface area contributed by atoms with Crippen LogP contribution in [-0.2, 0) is 17.9 Å². The predicted octanol–water partition coefficient (Wildman–Crippen LogP) is 2.10. The van der Waals surface area contributed by atoms with Gasteiger partial charge in [0.15, 0.2) is 18.0 Å². The van der Waals surface area contributed by atoms with Crippen molar-refractivity contribution in [2.24, 2.45) is 0 Å². The van der Waals surface area contributed by atoms with Crippen LogP contribution in [0.15, 0.2) is 47.4 Å². The zero-order valence-corrected chi connectivity index (χ0v) is 17.6. The minimum atomic E-state index is 0.114. The summed E-state index contributed by atoms with van der Waals surface area (Å²) in [6, 6.07) is 14.2. The molecule has 0 aliphatic heterocycles. The number of methoxy groups -OCH3 is 2. The zero-order valence-electron chi connectivity index (χ0n) is 16.7. The Labute approximate surface area is 166 Å². The molecule has 0 heterocycles. The van der Waals surface area contributed by atoms with Crippen LogP contribution < -0.4 is 14.4 Å². The van der Waals surface area contributed by atoms with Crippen LogP contribution in [0.2, 0.25) is 0 Å². The number of carbonyl (C=O) groups excluding carboxylic acids is 1. The first-order valence-corrected chi connectivity index (χ1v) is 10.1. The molecule has 27 heavy (non-hydrogen) atoms. The monoisotopic (exact) mass is 389 g/mol. The highest BCUT2D eigenvalue weighted by Gasteiger charge is 2.18. The normalized spacial score (nSPS) is 11.7. The summed E-state index contributed by atoms with van der Waals surface area (Å²) in [5, 5.41) is 0. The van der Waals surface area contributed by atoms with E-state index in [4.69, 9.17) is 9.47 Å². The van der Waals surface area contributed by atoms with E-state index in [9.17, 15) is 4.79 Å². The molecule has 1 amide bonds. The van der Waals surface area contributed by atoms with Crippen LogP contribution >= 0.6 is 11.8 Å². The van der Waals surface area contributed by atoms with E-state index in [1.807, 2.05) is 32.3 Å². The second-order valence-corrected chi connectivity index (χ2v) is 7.44. The fourth-order valence-electron chi connectivity index (χ4n) is 2.97. The van der Waals surface area contributed by atoms with Crippen LogP contribution in [0.3, 0.4) is 0 Å². The number of hydrogen-bond acceptors (Lipinski definition) is 4. The quantitative estimate of drug-likeness (QED) is 0.667. The molecule has 0 saturated carbocycles. The summed E-state index contributed by atoms with van der Waals surface area (Å²) in [6.07, 6.45) is 2.06. The van der Waals surface area contributed by atoms with Gasteiger partial charge in [-0.2, -0.15) is 0 Å². The van der Waals surface area contributed by atoms with Gasteiger partial charge in [-0.15, -0.1) is 11.8 Å². The number of quaternary nitrogens is 1. The molecule has 1 atom stereocenters. The number of benzene rings is 2. The van der Waals surface area contributed by atoms with Gasteiger partial charge in [0.1, 0.15) is 6.54 Å². The van der Waals surface area contributed by atoms with Crippen molar-refractivity contribution in [1.82, 2.24) is 4.90 Å². The third-order valence-corrected chi connectivity index (χ3v) is 5.18. The Morgan fingerprint density at radius 1 is 1.11 bits per heavy atom. The predicted molar refractivity (Wildman–Crippen MR) is 110 cm³/mol. The van der Waals surface area contributed by atoms with Crippen LogP contribution in [0.5, 0.6) is 11.5 Å². The number of para-hydroxylation sites is 1. The van der Waals surface area contributed by atoms with Crippen LogP contribution in [0, 0.1) is 0 Å². The molecule has 0 saturated heterocycles. The van der Waals surface area contributed by atoms with Crippen molar-refractivity contribution in [2.75, 3.05) is 41.1 Å². The summed E-state index contributed by atoms with van der Waals surface area (Å²) in [7, 11) is 7.13. The molecule has 146 valence electrons. The van der Waals surface area contributed by atoms with E-state index in [0.717, 1.165) is 21.8 Å². The third-order valence-electron chi connectivity index (χ3n) is 4.43. The third kappa shape index (κ3) is 5.91. The van der Waals surface area contributed by atoms with Crippen molar-refractivity contribution in [3.05, 3.63) is 53.6 Å². The molecule has 6 heteroatoms. The Hall–Kier alpha value is -2.18. The molecule has 0 aliphatic carbocycles. The van der Waals surface area contributed by atoms with Crippen molar-refractivity contribution in [1.29, 1.82) is 0 Å². The second kappa shape index (κ2) is 10.2. The number of hydrogen-bond donors (Lipinski definition) is 1. The SMILES string of the molecule is COc1cccc(C[NH+](C)CC(=O)N(C)Cc2ccc(SC)cc2)c1OC. The number of likely N-dealkylation sites (N-methyl/N-ethyl adjacent to an activating group) is 2. The highest BCUT2D eigenvalue weighted by Crippen LogP contribution is 2.30. The van der Waals surface area contributed by atoms with Crippen LogP contribution in [0.25, 0.3) is 0 Å². The number of carbonyl (C=O) groups is 1. The average molecular weight is 390 g/mol. The number of ether oxygens (including phenoxy) is 2. The van der Waals surface area contributed by atoms with E-state index in [1.165, 1.54) is 4.90 Å². The smallest absolute Gasteiger partial charge is 0.277 e. The zero-order chi connectivity index (χ0) is 19.8. The Morgan fingerprint density at radius 2 is 1.81 bits per heavy atom. The first-order chi connectivity index (χ1) is 13.0. The Kier molecular flexibility index (Phi) is 8.00. The highest BCUT2D eigenvalue weighted by atomic mass is 32.2. The highest BCUT2D eigenvalue weighted by molar-refractivity contribution is 7.98. The Bertz CT molecular complexity index is 750. The minimum absolute atomic E-state index is 0.114. The van der Waals surface area contributed by atoms with Gasteiger partial charge in [0.2, 0.25) is 0 Å². The number of amides is 1. The molecule has 2 aromatic carbocycles. The first-order valence-electron chi connectivity index (χ1n) is 8.86. The molecular weight excluding hydrogens is 360 g/mol. The lowest BCUT2D eigenvalue weighted by Crippen LogP contribution is -3.08. The van der Waals surface area contributed by atoms with Crippen molar-refractivity contribution < 1.29 is 19.2 Å². The maximum absolute atomic E-state index is 12.6. The van der Waals surface area contributed by atoms with Crippen molar-refractivity contribution in [3.8, 4) is 11.5 Å². The van der Waals surface area contributed by atoms with Gasteiger partial charge < -0.3 is 19.3 Å². The molecule has 0 bridgehead atoms. The summed E-state index contributed by atoms with van der Waals surface area (Å²) in [5.74, 6) is 1.55. The summed E-state index contributed by atoms with van der Waals surface area (Å²) in [4.78, 5) is 16.7. The summed E-state index contributed by atoms with van der Waals surface area (Å²) >= 11 is 1.71. The standard InChI is InChI=1S/C21H28N2O3S/c1-22(14-17-7-6-8-19(25-3)21(17)26-4)15-20(24)23(2)13-16-9-11-18(27-5)12-10-16/h6-12H,13-15H2,1-5H3/p+1. The lowest BCUT2D eigenvalue weighted by Gasteiger charge is -2.21. The van der Waals surface area contributed by atoms with E-state index in [-0.39, 0.29) is 5.91 Å². The van der Waals surface area contributed by atoms with Crippen LogP contribution in [0.1, 0.15) is 11.1 Å². The topological polar surface area (TPSA) is 43.2 Å². The lowest BCUT2D eigenvalue weighted by molar-refractivity contribution is -0.885. The average Bonchev–Trinajstić information content (AvgIpc) is 2.68. The van der Waals surface area contributed by atoms with Gasteiger partial charge in [-0.1, -0.05) is 18.2 Å². The van der Waals surface area contributed by atoms with Gasteiger partial charge in [0, 0.05) is 18.5 Å². The van der Waals surface area contributed by atoms with Gasteiger partial charge in [-0.05, 0) is 36.1 Å². The molecule has 1 N–H and O–H groups in total. The van der Waals surface area contributed by atoms with Crippen LogP contribution in [0.4, 0.5) is 0 Å². The van der Waals surface area contributed by atoms with E-state index >= 15 is 0 Å². The van der Waals surface area contributed by atoms with E-state index < -0.39 is 0 Å². The number of rotatable bonds is 9. The van der Waals surface area contributed by atoms with Gasteiger partial charge in [0.25, 0.3) is 5.91 Å². The molecular formula is C21H29N2O3S+. The molecule has 0 spiro atoms. The van der Waals surface area contributed by atoms with Gasteiger partial charge in [-0.3, -0.25) is 4.79 Å². The maximum Gasteiger partial charge on any atom is 0.277 e. The molecule has 2 aromatic rings.